The molecular formula is C34H36ClF3N4O5. The standard InChI is InChI=1S/C34H36ClF3N4O5/c1-39-34(45)47-16-14-22-6-11-26(35)23(17-22)20-41(24-9-10-24)33(44)29-18-40-19-30(43)42(29)25-7-4-21(5-8-25)3-2-15-46-32-28(37)13-12-27(36)31(32)38/h4-8,11-13,17,24,29,40H,2-3,9-10,14-16,18-20H2,1H3,(H,39,45)/t29-/m1/s1. The van der Waals surface area contributed by atoms with Gasteiger partial charge in [-0.15, -0.1) is 0 Å². The van der Waals surface area contributed by atoms with E-state index in [1.165, 1.54) is 11.9 Å². The number of ether oxygens (including phenoxy) is 2. The Morgan fingerprint density at radius 1 is 1.00 bits per heavy atom. The first-order chi connectivity index (χ1) is 22.7. The lowest BCUT2D eigenvalue weighted by atomic mass is 10.0. The number of rotatable bonds is 13. The Hall–Kier alpha value is -4.29. The van der Waals surface area contributed by atoms with Crippen molar-refractivity contribution in [1.29, 1.82) is 0 Å². The first kappa shape index (κ1) is 34.1. The summed E-state index contributed by atoms with van der Waals surface area (Å²) < 4.78 is 51.3. The zero-order chi connectivity index (χ0) is 33.5. The molecule has 0 bridgehead atoms. The van der Waals surface area contributed by atoms with Crippen LogP contribution in [0.15, 0.2) is 54.6 Å². The summed E-state index contributed by atoms with van der Waals surface area (Å²) in [5.41, 5.74) is 3.14. The van der Waals surface area contributed by atoms with Crippen LogP contribution in [0.1, 0.15) is 36.0 Å². The van der Waals surface area contributed by atoms with E-state index >= 15 is 0 Å². The number of piperazine rings is 1. The summed E-state index contributed by atoms with van der Waals surface area (Å²) in [7, 11) is 1.49. The molecule has 1 saturated heterocycles. The van der Waals surface area contributed by atoms with Crippen LogP contribution in [0, 0.1) is 17.5 Å². The van der Waals surface area contributed by atoms with Crippen molar-refractivity contribution in [3.8, 4) is 5.75 Å². The maximum absolute atomic E-state index is 14.1. The van der Waals surface area contributed by atoms with Crippen LogP contribution in [0.4, 0.5) is 23.7 Å². The molecule has 1 aliphatic carbocycles. The number of alkyl carbamates (subject to hydrolysis) is 1. The number of carbonyl (C=O) groups is 3. The molecule has 1 aliphatic heterocycles. The molecule has 0 aromatic heterocycles. The lowest BCUT2D eigenvalue weighted by Crippen LogP contribution is -2.61. The quantitative estimate of drug-likeness (QED) is 0.192. The van der Waals surface area contributed by atoms with Crippen molar-refractivity contribution < 1.29 is 37.0 Å². The Balaban J connectivity index is 1.24. The van der Waals surface area contributed by atoms with Gasteiger partial charge in [-0.1, -0.05) is 35.9 Å². The molecule has 0 radical (unpaired) electrons. The molecule has 3 amide bonds. The first-order valence-electron chi connectivity index (χ1n) is 15.5. The number of anilines is 1. The van der Waals surface area contributed by atoms with E-state index in [4.69, 9.17) is 21.1 Å². The van der Waals surface area contributed by atoms with Crippen LogP contribution in [-0.2, 0) is 33.7 Å². The normalized spacial score (nSPS) is 16.1. The minimum atomic E-state index is -1.36. The van der Waals surface area contributed by atoms with Gasteiger partial charge in [-0.05, 0) is 72.7 Å². The van der Waals surface area contributed by atoms with Gasteiger partial charge in [0, 0.05) is 43.3 Å². The van der Waals surface area contributed by atoms with Crippen LogP contribution in [0.25, 0.3) is 0 Å². The summed E-state index contributed by atoms with van der Waals surface area (Å²) in [6.07, 6.45) is 2.59. The molecule has 250 valence electrons. The fraction of sp³-hybridized carbons (Fsp3) is 0.382. The van der Waals surface area contributed by atoms with Crippen molar-refractivity contribution in [2.75, 3.05) is 38.3 Å². The molecule has 0 unspecified atom stereocenters. The predicted octanol–water partition coefficient (Wildman–Crippen LogP) is 5.16. The van der Waals surface area contributed by atoms with Crippen LogP contribution < -0.4 is 20.3 Å². The summed E-state index contributed by atoms with van der Waals surface area (Å²) in [4.78, 5) is 42.0. The molecule has 13 heteroatoms. The van der Waals surface area contributed by atoms with Gasteiger partial charge in [-0.3, -0.25) is 14.5 Å². The third kappa shape index (κ3) is 8.55. The van der Waals surface area contributed by atoms with E-state index in [1.807, 2.05) is 24.3 Å². The van der Waals surface area contributed by atoms with Gasteiger partial charge >= 0.3 is 6.09 Å². The van der Waals surface area contributed by atoms with Crippen LogP contribution in [0.5, 0.6) is 5.75 Å². The molecule has 47 heavy (non-hydrogen) atoms. The second-order valence-electron chi connectivity index (χ2n) is 11.5. The Morgan fingerprint density at radius 2 is 1.72 bits per heavy atom. The number of nitrogens with one attached hydrogen (secondary N) is 2. The second kappa shape index (κ2) is 15.5. The summed E-state index contributed by atoms with van der Waals surface area (Å²) >= 11 is 6.56. The zero-order valence-electron chi connectivity index (χ0n) is 25.9. The predicted molar refractivity (Wildman–Crippen MR) is 170 cm³/mol. The third-order valence-corrected chi connectivity index (χ3v) is 8.47. The second-order valence-corrected chi connectivity index (χ2v) is 11.9. The van der Waals surface area contributed by atoms with Crippen LogP contribution >= 0.6 is 11.6 Å². The lowest BCUT2D eigenvalue weighted by Gasteiger charge is -2.38. The van der Waals surface area contributed by atoms with Gasteiger partial charge in [-0.25, -0.2) is 13.6 Å². The fourth-order valence-corrected chi connectivity index (χ4v) is 5.67. The Morgan fingerprint density at radius 3 is 2.45 bits per heavy atom. The number of hydrogen-bond acceptors (Lipinski definition) is 6. The van der Waals surface area contributed by atoms with E-state index < -0.39 is 35.3 Å². The number of hydrogen-bond donors (Lipinski definition) is 2. The average molecular weight is 673 g/mol. The Kier molecular flexibility index (Phi) is 11.3. The van der Waals surface area contributed by atoms with E-state index in [-0.39, 0.29) is 50.7 Å². The van der Waals surface area contributed by atoms with Crippen LogP contribution in [-0.4, -0.2) is 68.2 Å². The molecule has 5 rings (SSSR count). The highest BCUT2D eigenvalue weighted by Crippen LogP contribution is 2.33. The lowest BCUT2D eigenvalue weighted by molar-refractivity contribution is -0.136. The molecule has 1 atom stereocenters. The Bertz CT molecular complexity index is 1610. The van der Waals surface area contributed by atoms with Crippen molar-refractivity contribution in [3.05, 3.63) is 93.8 Å². The van der Waals surface area contributed by atoms with Crippen molar-refractivity contribution >= 4 is 35.2 Å². The minimum Gasteiger partial charge on any atom is -0.488 e. The molecule has 1 saturated carbocycles. The van der Waals surface area contributed by atoms with Crippen molar-refractivity contribution in [3.63, 3.8) is 0 Å². The van der Waals surface area contributed by atoms with Gasteiger partial charge in [-0.2, -0.15) is 4.39 Å². The van der Waals surface area contributed by atoms with E-state index in [2.05, 4.69) is 10.6 Å². The number of carbonyl (C=O) groups excluding carboxylic acids is 3. The summed E-state index contributed by atoms with van der Waals surface area (Å²) in [5, 5.41) is 5.99. The van der Waals surface area contributed by atoms with Gasteiger partial charge in [0.05, 0.1) is 19.8 Å². The Labute approximate surface area is 276 Å². The maximum Gasteiger partial charge on any atom is 0.406 e. The fourth-order valence-electron chi connectivity index (χ4n) is 5.49. The number of halogens is 4. The summed E-state index contributed by atoms with van der Waals surface area (Å²) in [6, 6.07) is 13.5. The first-order valence-corrected chi connectivity index (χ1v) is 15.8. The van der Waals surface area contributed by atoms with Crippen molar-refractivity contribution in [2.24, 2.45) is 0 Å². The molecular weight excluding hydrogens is 637 g/mol. The number of nitrogens with zero attached hydrogens (tertiary/aromatic N) is 2. The SMILES string of the molecule is CNC(=O)OCCc1ccc(Cl)c(CN(C(=O)[C@H]2CNCC(=O)N2c2ccc(CCCOc3c(F)ccc(F)c3F)cc2)C2CC2)c1. The summed E-state index contributed by atoms with van der Waals surface area (Å²) in [6.45, 7) is 0.809. The molecule has 2 aliphatic rings. The van der Waals surface area contributed by atoms with Gasteiger partial charge in [0.25, 0.3) is 0 Å². The van der Waals surface area contributed by atoms with Crippen molar-refractivity contribution in [1.82, 2.24) is 15.5 Å². The molecule has 1 heterocycles. The number of aryl methyl sites for hydroxylation is 1. The molecule has 3 aromatic rings. The molecule has 2 N–H and O–H groups in total. The topological polar surface area (TPSA) is 100 Å². The van der Waals surface area contributed by atoms with Crippen LogP contribution in [0.2, 0.25) is 5.02 Å². The number of amides is 3. The zero-order valence-corrected chi connectivity index (χ0v) is 26.6. The minimum absolute atomic E-state index is 0.0282. The van der Waals surface area contributed by atoms with E-state index in [9.17, 15) is 27.6 Å². The maximum atomic E-state index is 14.1. The molecule has 0 spiro atoms. The molecule has 3 aromatic carbocycles. The number of benzene rings is 3. The largest absolute Gasteiger partial charge is 0.488 e. The highest BCUT2D eigenvalue weighted by atomic mass is 35.5. The highest BCUT2D eigenvalue weighted by Gasteiger charge is 2.41. The van der Waals surface area contributed by atoms with Gasteiger partial charge in [0.15, 0.2) is 17.4 Å². The van der Waals surface area contributed by atoms with E-state index in [0.717, 1.165) is 35.6 Å². The van der Waals surface area contributed by atoms with E-state index in [0.29, 0.717) is 36.0 Å². The smallest absolute Gasteiger partial charge is 0.406 e. The van der Waals surface area contributed by atoms with Crippen LogP contribution in [0.3, 0.4) is 0 Å². The third-order valence-electron chi connectivity index (χ3n) is 8.10. The van der Waals surface area contributed by atoms with E-state index in [1.54, 1.807) is 23.1 Å². The summed E-state index contributed by atoms with van der Waals surface area (Å²) in [5.74, 6) is -4.68. The van der Waals surface area contributed by atoms with Crippen molar-refractivity contribution in [2.45, 2.75) is 50.7 Å². The average Bonchev–Trinajstić information content (AvgIpc) is 3.91. The van der Waals surface area contributed by atoms with Gasteiger partial charge in [0.1, 0.15) is 6.04 Å². The van der Waals surface area contributed by atoms with Gasteiger partial charge in [0.2, 0.25) is 17.6 Å². The molecule has 2 fully saturated rings. The highest BCUT2D eigenvalue weighted by molar-refractivity contribution is 6.31. The molecule has 9 nitrogen and oxygen atoms in total. The monoisotopic (exact) mass is 672 g/mol. The van der Waals surface area contributed by atoms with Gasteiger partial charge < -0.3 is 25.0 Å².